The average molecular weight is 272 g/mol. The van der Waals surface area contributed by atoms with E-state index in [1.54, 1.807) is 0 Å². The first-order chi connectivity index (χ1) is 7.41. The van der Waals surface area contributed by atoms with E-state index in [9.17, 15) is 16.8 Å². The van der Waals surface area contributed by atoms with Gasteiger partial charge in [-0.3, -0.25) is 8.37 Å². The molecule has 16 heavy (non-hydrogen) atoms. The molecule has 96 valence electrons. The molecule has 0 atom stereocenters. The second-order valence-electron chi connectivity index (χ2n) is 3.58. The lowest BCUT2D eigenvalue weighted by atomic mass is 10.3. The largest absolute Gasteiger partial charge is 0.270 e. The van der Waals surface area contributed by atoms with Crippen LogP contribution in [0.15, 0.2) is 0 Å². The Hall–Kier alpha value is -0.180. The molecule has 0 bridgehead atoms. The fourth-order valence-electron chi connectivity index (χ4n) is 1.25. The van der Waals surface area contributed by atoms with Crippen LogP contribution in [0.1, 0.15) is 25.7 Å². The summed E-state index contributed by atoms with van der Waals surface area (Å²) in [5.74, 6) is -0.273. The third kappa shape index (κ3) is 5.78. The highest BCUT2D eigenvalue weighted by Crippen LogP contribution is 2.07. The fourth-order valence-corrected chi connectivity index (χ4v) is 3.35. The fraction of sp³-hybridized carbons (Fsp3) is 1.00. The van der Waals surface area contributed by atoms with E-state index < -0.39 is 20.2 Å². The van der Waals surface area contributed by atoms with Gasteiger partial charge in [-0.05, 0) is 25.7 Å². The molecule has 0 aromatic heterocycles. The van der Waals surface area contributed by atoms with Gasteiger partial charge in [-0.25, -0.2) is 0 Å². The Kier molecular flexibility index (Phi) is 5.16. The molecule has 0 saturated carbocycles. The molecule has 1 fully saturated rings. The van der Waals surface area contributed by atoms with Gasteiger partial charge in [0.05, 0.1) is 24.7 Å². The van der Waals surface area contributed by atoms with Gasteiger partial charge in [-0.15, -0.1) is 0 Å². The normalized spacial score (nSPS) is 27.5. The van der Waals surface area contributed by atoms with Gasteiger partial charge in [0.25, 0.3) is 20.2 Å². The molecule has 0 aliphatic carbocycles. The van der Waals surface area contributed by atoms with Crippen molar-refractivity contribution in [3.63, 3.8) is 0 Å². The minimum atomic E-state index is -3.48. The maximum atomic E-state index is 11.2. The zero-order valence-electron chi connectivity index (χ0n) is 8.92. The number of hydrogen-bond acceptors (Lipinski definition) is 6. The molecule has 0 amide bonds. The highest BCUT2D eigenvalue weighted by atomic mass is 32.2. The Balaban J connectivity index is 2.55. The third-order valence-electron chi connectivity index (χ3n) is 2.10. The lowest BCUT2D eigenvalue weighted by Gasteiger charge is -2.09. The monoisotopic (exact) mass is 272 g/mol. The molecule has 0 aromatic rings. The van der Waals surface area contributed by atoms with Crippen LogP contribution in [0.2, 0.25) is 0 Å². The Labute approximate surface area is 96.2 Å². The molecule has 1 heterocycles. The van der Waals surface area contributed by atoms with Gasteiger partial charge >= 0.3 is 0 Å². The van der Waals surface area contributed by atoms with Gasteiger partial charge in [0.2, 0.25) is 0 Å². The minimum absolute atomic E-state index is 0.0890. The van der Waals surface area contributed by atoms with Gasteiger partial charge in [0, 0.05) is 0 Å². The van der Waals surface area contributed by atoms with Crippen LogP contribution in [0.25, 0.3) is 0 Å². The van der Waals surface area contributed by atoms with Crippen molar-refractivity contribution in [3.8, 4) is 0 Å². The summed E-state index contributed by atoms with van der Waals surface area (Å²) in [7, 11) is -6.97. The summed E-state index contributed by atoms with van der Waals surface area (Å²) in [4.78, 5) is 0. The summed E-state index contributed by atoms with van der Waals surface area (Å²) >= 11 is 0. The second-order valence-corrected chi connectivity index (χ2v) is 7.10. The molecule has 8 heteroatoms. The van der Waals surface area contributed by atoms with Crippen LogP contribution < -0.4 is 0 Å². The van der Waals surface area contributed by atoms with Crippen LogP contribution in [0.5, 0.6) is 0 Å². The summed E-state index contributed by atoms with van der Waals surface area (Å²) in [6.07, 6.45) is 1.47. The average Bonchev–Trinajstić information content (AvgIpc) is 2.17. The van der Waals surface area contributed by atoms with E-state index in [-0.39, 0.29) is 37.6 Å². The van der Waals surface area contributed by atoms with Crippen molar-refractivity contribution in [1.29, 1.82) is 0 Å². The van der Waals surface area contributed by atoms with Crippen molar-refractivity contribution in [2.45, 2.75) is 25.7 Å². The van der Waals surface area contributed by atoms with Crippen molar-refractivity contribution in [1.82, 2.24) is 0 Å². The maximum absolute atomic E-state index is 11.2. The van der Waals surface area contributed by atoms with Crippen molar-refractivity contribution in [2.24, 2.45) is 0 Å². The summed E-state index contributed by atoms with van der Waals surface area (Å²) in [6.45, 7) is 0.178. The number of hydrogen-bond donors (Lipinski definition) is 0. The zero-order chi connectivity index (χ0) is 12.1. The van der Waals surface area contributed by atoms with E-state index in [4.69, 9.17) is 8.37 Å². The molecular formula is C8H16O6S2. The van der Waals surface area contributed by atoms with E-state index in [2.05, 4.69) is 0 Å². The SMILES string of the molecule is O=S1(=O)CCCCS(=O)(=O)OCCCCO1. The Morgan fingerprint density at radius 3 is 1.38 bits per heavy atom. The van der Waals surface area contributed by atoms with Crippen LogP contribution in [0.4, 0.5) is 0 Å². The summed E-state index contributed by atoms with van der Waals surface area (Å²) < 4.78 is 54.4. The molecule has 0 spiro atoms. The molecule has 6 nitrogen and oxygen atoms in total. The highest BCUT2D eigenvalue weighted by molar-refractivity contribution is 7.87. The molecule has 1 aliphatic heterocycles. The number of rotatable bonds is 0. The quantitative estimate of drug-likeness (QED) is 0.588. The van der Waals surface area contributed by atoms with Crippen molar-refractivity contribution >= 4 is 20.2 Å². The Bertz CT molecular complexity index is 356. The molecular weight excluding hydrogens is 256 g/mol. The Morgan fingerprint density at radius 1 is 0.625 bits per heavy atom. The maximum Gasteiger partial charge on any atom is 0.267 e. The second kappa shape index (κ2) is 5.95. The predicted octanol–water partition coefficient (Wildman–Crippen LogP) is 0.253. The summed E-state index contributed by atoms with van der Waals surface area (Å²) in [5, 5.41) is 0. The van der Waals surface area contributed by atoms with Crippen LogP contribution >= 0.6 is 0 Å². The van der Waals surface area contributed by atoms with E-state index in [1.807, 2.05) is 0 Å². The molecule has 0 N–H and O–H groups in total. The van der Waals surface area contributed by atoms with Crippen LogP contribution in [-0.2, 0) is 28.6 Å². The molecule has 0 radical (unpaired) electrons. The smallest absolute Gasteiger partial charge is 0.267 e. The minimum Gasteiger partial charge on any atom is -0.270 e. The van der Waals surface area contributed by atoms with Gasteiger partial charge in [-0.2, -0.15) is 16.8 Å². The van der Waals surface area contributed by atoms with Gasteiger partial charge in [0.1, 0.15) is 0 Å². The van der Waals surface area contributed by atoms with E-state index in [0.29, 0.717) is 12.8 Å². The van der Waals surface area contributed by atoms with Crippen molar-refractivity contribution < 1.29 is 25.2 Å². The van der Waals surface area contributed by atoms with E-state index >= 15 is 0 Å². The molecule has 0 unspecified atom stereocenters. The first-order valence-corrected chi connectivity index (χ1v) is 8.31. The van der Waals surface area contributed by atoms with Gasteiger partial charge in [0.15, 0.2) is 0 Å². The first kappa shape index (κ1) is 13.9. The zero-order valence-corrected chi connectivity index (χ0v) is 10.6. The molecule has 0 aromatic carbocycles. The topological polar surface area (TPSA) is 86.7 Å². The van der Waals surface area contributed by atoms with Crippen LogP contribution in [-0.4, -0.2) is 41.6 Å². The van der Waals surface area contributed by atoms with E-state index in [0.717, 1.165) is 0 Å². The van der Waals surface area contributed by atoms with E-state index in [1.165, 1.54) is 0 Å². The highest BCUT2D eigenvalue weighted by Gasteiger charge is 2.15. The first-order valence-electron chi connectivity index (χ1n) is 5.15. The molecule has 1 rings (SSSR count). The Morgan fingerprint density at radius 2 is 1.00 bits per heavy atom. The summed E-state index contributed by atoms with van der Waals surface area (Å²) in [6, 6.07) is 0. The van der Waals surface area contributed by atoms with Crippen molar-refractivity contribution in [3.05, 3.63) is 0 Å². The van der Waals surface area contributed by atoms with Gasteiger partial charge in [-0.1, -0.05) is 0 Å². The van der Waals surface area contributed by atoms with Crippen molar-refractivity contribution in [2.75, 3.05) is 24.7 Å². The lowest BCUT2D eigenvalue weighted by Crippen LogP contribution is -2.17. The van der Waals surface area contributed by atoms with Crippen LogP contribution in [0.3, 0.4) is 0 Å². The molecule has 1 aliphatic rings. The standard InChI is InChI=1S/C8H16O6S2/c9-15(10)7-3-4-8-16(11,12)14-6-2-1-5-13-15/h1-8H2. The lowest BCUT2D eigenvalue weighted by molar-refractivity contribution is 0.268. The molecule has 1 saturated heterocycles. The third-order valence-corrected chi connectivity index (χ3v) is 4.73. The predicted molar refractivity (Wildman–Crippen MR) is 57.9 cm³/mol. The summed E-state index contributed by atoms with van der Waals surface area (Å²) in [5.41, 5.74) is 0. The van der Waals surface area contributed by atoms with Crippen LogP contribution in [0, 0.1) is 0 Å². The van der Waals surface area contributed by atoms with Gasteiger partial charge < -0.3 is 0 Å².